The van der Waals surface area contributed by atoms with Gasteiger partial charge in [0.15, 0.2) is 0 Å². The molecule has 0 atom stereocenters. The normalized spacial score (nSPS) is 9.50. The minimum Gasteiger partial charge on any atom is -0.496 e. The lowest BCUT2D eigenvalue weighted by Crippen LogP contribution is -1.90. The minimum atomic E-state index is 0.599. The highest BCUT2D eigenvalue weighted by Crippen LogP contribution is 2.28. The van der Waals surface area contributed by atoms with Crippen molar-refractivity contribution in [3.63, 3.8) is 0 Å². The second kappa shape index (κ2) is 4.45. The second-order valence-electron chi connectivity index (χ2n) is 3.24. The van der Waals surface area contributed by atoms with Crippen LogP contribution in [0.1, 0.15) is 5.56 Å². The molecule has 2 aromatic rings. The van der Waals surface area contributed by atoms with E-state index in [1.807, 2.05) is 18.2 Å². The van der Waals surface area contributed by atoms with Gasteiger partial charge in [0.25, 0.3) is 0 Å². The van der Waals surface area contributed by atoms with Crippen molar-refractivity contribution in [1.82, 2.24) is 4.98 Å². The maximum absolute atomic E-state index is 8.86. The van der Waals surface area contributed by atoms with Gasteiger partial charge in [0.2, 0.25) is 0 Å². The Hall–Kier alpha value is -2.34. The maximum atomic E-state index is 8.86. The number of nitriles is 1. The molecule has 0 bridgehead atoms. The van der Waals surface area contributed by atoms with Gasteiger partial charge in [-0.2, -0.15) is 5.26 Å². The van der Waals surface area contributed by atoms with Gasteiger partial charge in [-0.1, -0.05) is 6.07 Å². The number of ether oxygens (including phenoxy) is 1. The van der Waals surface area contributed by atoms with Gasteiger partial charge >= 0.3 is 0 Å². The fourth-order valence-corrected chi connectivity index (χ4v) is 1.50. The topological polar surface area (TPSA) is 45.9 Å². The van der Waals surface area contributed by atoms with E-state index >= 15 is 0 Å². The Bertz CT molecular complexity index is 529. The summed E-state index contributed by atoms with van der Waals surface area (Å²) in [6, 6.07) is 13.0. The highest BCUT2D eigenvalue weighted by molar-refractivity contribution is 5.68. The Kier molecular flexibility index (Phi) is 2.84. The first kappa shape index (κ1) is 10.2. The maximum Gasteiger partial charge on any atom is 0.128 e. The number of nitrogens with zero attached hydrogens (tertiary/aromatic N) is 2. The highest BCUT2D eigenvalue weighted by atomic mass is 16.5. The Morgan fingerprint density at radius 3 is 2.75 bits per heavy atom. The first-order chi connectivity index (χ1) is 7.85. The average molecular weight is 210 g/mol. The molecule has 0 aliphatic rings. The van der Waals surface area contributed by atoms with E-state index in [0.29, 0.717) is 5.56 Å². The lowest BCUT2D eigenvalue weighted by atomic mass is 10.1. The van der Waals surface area contributed by atoms with Crippen molar-refractivity contribution < 1.29 is 4.74 Å². The molecule has 78 valence electrons. The van der Waals surface area contributed by atoms with E-state index in [2.05, 4.69) is 11.1 Å². The zero-order chi connectivity index (χ0) is 11.4. The zero-order valence-corrected chi connectivity index (χ0v) is 8.84. The van der Waals surface area contributed by atoms with Gasteiger partial charge in [0.1, 0.15) is 5.75 Å². The fraction of sp³-hybridized carbons (Fsp3) is 0.0769. The number of benzene rings is 1. The Labute approximate surface area is 93.9 Å². The van der Waals surface area contributed by atoms with Crippen molar-refractivity contribution in [3.05, 3.63) is 48.2 Å². The van der Waals surface area contributed by atoms with Gasteiger partial charge < -0.3 is 4.74 Å². The standard InChI is InChI=1S/C13H10N2O/c1-16-13-6-5-10(9-14)8-11(13)12-4-2-3-7-15-12/h2-8H,1H3. The molecule has 16 heavy (non-hydrogen) atoms. The molecule has 0 fully saturated rings. The summed E-state index contributed by atoms with van der Waals surface area (Å²) in [5.74, 6) is 0.720. The average Bonchev–Trinajstić information content (AvgIpc) is 2.39. The molecule has 0 spiro atoms. The molecule has 0 saturated heterocycles. The van der Waals surface area contributed by atoms with Crippen LogP contribution in [0.4, 0.5) is 0 Å². The van der Waals surface area contributed by atoms with Crippen LogP contribution in [-0.4, -0.2) is 12.1 Å². The number of pyridine rings is 1. The van der Waals surface area contributed by atoms with Gasteiger partial charge in [-0.15, -0.1) is 0 Å². The number of hydrogen-bond acceptors (Lipinski definition) is 3. The van der Waals surface area contributed by atoms with E-state index in [9.17, 15) is 0 Å². The second-order valence-corrected chi connectivity index (χ2v) is 3.24. The van der Waals surface area contributed by atoms with Crippen molar-refractivity contribution in [2.45, 2.75) is 0 Å². The Morgan fingerprint density at radius 1 is 1.25 bits per heavy atom. The molecule has 2 rings (SSSR count). The molecular weight excluding hydrogens is 200 g/mol. The van der Waals surface area contributed by atoms with E-state index < -0.39 is 0 Å². The predicted molar refractivity (Wildman–Crippen MR) is 60.9 cm³/mol. The molecule has 0 saturated carbocycles. The molecule has 0 aliphatic carbocycles. The van der Waals surface area contributed by atoms with Gasteiger partial charge in [-0.25, -0.2) is 0 Å². The van der Waals surface area contributed by atoms with Crippen LogP contribution < -0.4 is 4.74 Å². The third kappa shape index (κ3) is 1.86. The van der Waals surface area contributed by atoms with Crippen LogP contribution in [0.2, 0.25) is 0 Å². The number of hydrogen-bond donors (Lipinski definition) is 0. The Morgan fingerprint density at radius 2 is 2.12 bits per heavy atom. The molecular formula is C13H10N2O. The van der Waals surface area contributed by atoms with E-state index in [1.54, 1.807) is 31.5 Å². The van der Waals surface area contributed by atoms with Gasteiger partial charge in [-0.05, 0) is 30.3 Å². The number of rotatable bonds is 2. The largest absolute Gasteiger partial charge is 0.496 e. The number of aromatic nitrogens is 1. The van der Waals surface area contributed by atoms with Gasteiger partial charge in [-0.3, -0.25) is 4.98 Å². The highest BCUT2D eigenvalue weighted by Gasteiger charge is 2.07. The monoisotopic (exact) mass is 210 g/mol. The smallest absolute Gasteiger partial charge is 0.128 e. The molecule has 3 heteroatoms. The summed E-state index contributed by atoms with van der Waals surface area (Å²) in [7, 11) is 1.60. The summed E-state index contributed by atoms with van der Waals surface area (Å²) in [5.41, 5.74) is 2.24. The summed E-state index contributed by atoms with van der Waals surface area (Å²) in [4.78, 5) is 4.24. The summed E-state index contributed by atoms with van der Waals surface area (Å²) < 4.78 is 5.25. The van der Waals surface area contributed by atoms with Crippen molar-refractivity contribution >= 4 is 0 Å². The first-order valence-electron chi connectivity index (χ1n) is 4.84. The van der Waals surface area contributed by atoms with Crippen LogP contribution in [0, 0.1) is 11.3 Å². The van der Waals surface area contributed by atoms with E-state index in [1.165, 1.54) is 0 Å². The summed E-state index contributed by atoms with van der Waals surface area (Å²) >= 11 is 0. The molecule has 0 radical (unpaired) electrons. The number of methoxy groups -OCH3 is 1. The first-order valence-corrected chi connectivity index (χ1v) is 4.84. The van der Waals surface area contributed by atoms with Crippen LogP contribution in [0.3, 0.4) is 0 Å². The van der Waals surface area contributed by atoms with Crippen LogP contribution in [0.5, 0.6) is 5.75 Å². The third-order valence-electron chi connectivity index (χ3n) is 2.27. The lowest BCUT2D eigenvalue weighted by Gasteiger charge is -2.07. The summed E-state index contributed by atoms with van der Waals surface area (Å²) in [6.07, 6.45) is 1.72. The molecule has 1 heterocycles. The van der Waals surface area contributed by atoms with Gasteiger partial charge in [0, 0.05) is 11.8 Å². The Balaban J connectivity index is 2.59. The molecule has 0 unspecified atom stereocenters. The van der Waals surface area contributed by atoms with E-state index in [0.717, 1.165) is 17.0 Å². The van der Waals surface area contributed by atoms with Crippen molar-refractivity contribution in [1.29, 1.82) is 5.26 Å². The lowest BCUT2D eigenvalue weighted by molar-refractivity contribution is 0.416. The summed E-state index contributed by atoms with van der Waals surface area (Å²) in [5, 5.41) is 8.86. The fourth-order valence-electron chi connectivity index (χ4n) is 1.50. The van der Waals surface area contributed by atoms with Crippen molar-refractivity contribution in [2.24, 2.45) is 0 Å². The third-order valence-corrected chi connectivity index (χ3v) is 2.27. The van der Waals surface area contributed by atoms with Crippen molar-refractivity contribution in [2.75, 3.05) is 7.11 Å². The minimum absolute atomic E-state index is 0.599. The van der Waals surface area contributed by atoms with Gasteiger partial charge in [0.05, 0.1) is 24.4 Å². The van der Waals surface area contributed by atoms with Crippen LogP contribution in [0.25, 0.3) is 11.3 Å². The molecule has 1 aromatic heterocycles. The van der Waals surface area contributed by atoms with Crippen LogP contribution in [-0.2, 0) is 0 Å². The summed E-state index contributed by atoms with van der Waals surface area (Å²) in [6.45, 7) is 0. The zero-order valence-electron chi connectivity index (χ0n) is 8.84. The quantitative estimate of drug-likeness (QED) is 0.765. The SMILES string of the molecule is COc1ccc(C#N)cc1-c1ccccn1. The molecule has 0 N–H and O–H groups in total. The van der Waals surface area contributed by atoms with Crippen LogP contribution >= 0.6 is 0 Å². The van der Waals surface area contributed by atoms with Crippen molar-refractivity contribution in [3.8, 4) is 23.1 Å². The molecule has 0 aliphatic heterocycles. The molecule has 3 nitrogen and oxygen atoms in total. The van der Waals surface area contributed by atoms with Crippen LogP contribution in [0.15, 0.2) is 42.6 Å². The van der Waals surface area contributed by atoms with E-state index in [4.69, 9.17) is 10.00 Å². The van der Waals surface area contributed by atoms with E-state index in [-0.39, 0.29) is 0 Å². The predicted octanol–water partition coefficient (Wildman–Crippen LogP) is 2.63. The molecule has 1 aromatic carbocycles. The molecule has 0 amide bonds.